The van der Waals surface area contributed by atoms with Gasteiger partial charge in [-0.15, -0.1) is 0 Å². The van der Waals surface area contributed by atoms with Crippen LogP contribution in [0.4, 0.5) is 5.69 Å². The second-order valence-electron chi connectivity index (χ2n) is 2.45. The van der Waals surface area contributed by atoms with E-state index in [1.54, 1.807) is 12.1 Å². The Morgan fingerprint density at radius 2 is 2.29 bits per heavy atom. The van der Waals surface area contributed by atoms with Crippen molar-refractivity contribution in [2.75, 3.05) is 5.73 Å². The van der Waals surface area contributed by atoms with E-state index in [-0.39, 0.29) is 0 Å². The van der Waals surface area contributed by atoms with Gasteiger partial charge >= 0.3 is 0 Å². The minimum absolute atomic E-state index is 0.368. The number of nitrogens with zero attached hydrogens (tertiary/aromatic N) is 3. The molecule has 0 aliphatic carbocycles. The summed E-state index contributed by atoms with van der Waals surface area (Å²) in [5, 5.41) is 8.12. The Morgan fingerprint density at radius 3 is 2.93 bits per heavy atom. The number of aromatic nitrogens is 4. The average Bonchev–Trinajstić information content (AvgIpc) is 2.54. The number of hydrogen-bond acceptors (Lipinski definition) is 5. The largest absolute Gasteiger partial charge is 0.399 e. The van der Waals surface area contributed by atoms with Crippen LogP contribution < -0.4 is 5.73 Å². The number of nitrogens with two attached hydrogens (primary N) is 1. The van der Waals surface area contributed by atoms with Crippen LogP contribution in [0.3, 0.4) is 0 Å². The van der Waals surface area contributed by atoms with Crippen molar-refractivity contribution in [3.05, 3.63) is 23.6 Å². The highest BCUT2D eigenvalue weighted by molar-refractivity contribution is 7.99. The number of rotatable bonds is 2. The molecule has 0 unspecified atom stereocenters. The van der Waals surface area contributed by atoms with Crippen LogP contribution in [0, 0.1) is 0 Å². The molecule has 0 aromatic carbocycles. The smallest absolute Gasteiger partial charge is 0.189 e. The van der Waals surface area contributed by atoms with Gasteiger partial charge in [0.1, 0.15) is 16.5 Å². The van der Waals surface area contributed by atoms with Gasteiger partial charge in [-0.2, -0.15) is 5.10 Å². The van der Waals surface area contributed by atoms with Crippen molar-refractivity contribution in [3.8, 4) is 0 Å². The van der Waals surface area contributed by atoms with Crippen LogP contribution in [0.25, 0.3) is 0 Å². The number of H-pyrrole nitrogens is 1. The first-order valence-corrected chi connectivity index (χ1v) is 4.90. The predicted molar refractivity (Wildman–Crippen MR) is 54.2 cm³/mol. The summed E-state index contributed by atoms with van der Waals surface area (Å²) in [5.74, 6) is 0. The number of anilines is 1. The molecular formula is C7H6ClN5S. The lowest BCUT2D eigenvalue weighted by atomic mass is 10.4. The zero-order chi connectivity index (χ0) is 9.97. The zero-order valence-electron chi connectivity index (χ0n) is 6.94. The van der Waals surface area contributed by atoms with E-state index in [9.17, 15) is 0 Å². The molecule has 2 rings (SSSR count). The Morgan fingerprint density at radius 1 is 1.43 bits per heavy atom. The molecule has 0 fully saturated rings. The van der Waals surface area contributed by atoms with Crippen LogP contribution in [-0.4, -0.2) is 20.2 Å². The van der Waals surface area contributed by atoms with E-state index < -0.39 is 0 Å². The van der Waals surface area contributed by atoms with Crippen LogP contribution in [0.15, 0.2) is 28.6 Å². The van der Waals surface area contributed by atoms with Gasteiger partial charge in [0.05, 0.1) is 0 Å². The topological polar surface area (TPSA) is 80.5 Å². The average molecular weight is 228 g/mol. The predicted octanol–water partition coefficient (Wildman–Crippen LogP) is 1.59. The van der Waals surface area contributed by atoms with Crippen molar-refractivity contribution in [2.45, 2.75) is 10.2 Å². The fraction of sp³-hybridized carbons (Fsp3) is 0. The number of halogens is 1. The summed E-state index contributed by atoms with van der Waals surface area (Å²) in [4.78, 5) is 8.01. The molecule has 3 N–H and O–H groups in total. The molecule has 7 heteroatoms. The Hall–Kier alpha value is -1.27. The molecule has 0 saturated carbocycles. The lowest BCUT2D eigenvalue weighted by Gasteiger charge is -1.99. The van der Waals surface area contributed by atoms with Gasteiger partial charge in [-0.05, 0) is 23.9 Å². The summed E-state index contributed by atoms with van der Waals surface area (Å²) in [5.41, 5.74) is 6.18. The highest BCUT2D eigenvalue weighted by Gasteiger charge is 2.03. The van der Waals surface area contributed by atoms with Gasteiger partial charge < -0.3 is 5.73 Å². The number of pyridine rings is 1. The van der Waals surface area contributed by atoms with Crippen molar-refractivity contribution in [2.24, 2.45) is 0 Å². The Bertz CT molecular complexity index is 409. The SMILES string of the molecule is Nc1cc(Cl)nc(Sc2ncn[nH]2)c1. The first kappa shape index (κ1) is 9.29. The van der Waals surface area contributed by atoms with Crippen molar-refractivity contribution in [3.63, 3.8) is 0 Å². The molecule has 0 aliphatic rings. The van der Waals surface area contributed by atoms with E-state index in [4.69, 9.17) is 17.3 Å². The lowest BCUT2D eigenvalue weighted by Crippen LogP contribution is -1.89. The van der Waals surface area contributed by atoms with Crippen molar-refractivity contribution >= 4 is 29.1 Å². The summed E-state index contributed by atoms with van der Waals surface area (Å²) in [6.45, 7) is 0. The number of hydrogen-bond donors (Lipinski definition) is 2. The van der Waals surface area contributed by atoms with Gasteiger partial charge in [-0.25, -0.2) is 9.97 Å². The first-order chi connectivity index (χ1) is 6.74. The van der Waals surface area contributed by atoms with Gasteiger partial charge in [-0.1, -0.05) is 11.6 Å². The molecule has 0 aliphatic heterocycles. The molecule has 0 spiro atoms. The minimum atomic E-state index is 0.368. The first-order valence-electron chi connectivity index (χ1n) is 3.70. The van der Waals surface area contributed by atoms with Gasteiger partial charge in [0.25, 0.3) is 0 Å². The van der Waals surface area contributed by atoms with E-state index >= 15 is 0 Å². The molecule has 2 aromatic rings. The van der Waals surface area contributed by atoms with Crippen molar-refractivity contribution in [1.29, 1.82) is 0 Å². The summed E-state index contributed by atoms with van der Waals surface area (Å²) < 4.78 is 0. The Balaban J connectivity index is 2.25. The monoisotopic (exact) mass is 227 g/mol. The summed E-state index contributed by atoms with van der Waals surface area (Å²) >= 11 is 7.06. The molecule has 2 heterocycles. The Kier molecular flexibility index (Phi) is 2.55. The van der Waals surface area contributed by atoms with E-state index in [2.05, 4.69) is 20.2 Å². The van der Waals surface area contributed by atoms with Crippen LogP contribution in [0.2, 0.25) is 5.15 Å². The molecule has 0 amide bonds. The van der Waals surface area contributed by atoms with E-state index in [0.717, 1.165) is 0 Å². The van der Waals surface area contributed by atoms with Gasteiger partial charge in [0, 0.05) is 5.69 Å². The third-order valence-corrected chi connectivity index (χ3v) is 2.39. The normalized spacial score (nSPS) is 10.4. The van der Waals surface area contributed by atoms with Crippen LogP contribution in [-0.2, 0) is 0 Å². The molecule has 0 bridgehead atoms. The lowest BCUT2D eigenvalue weighted by molar-refractivity contribution is 0.967. The quantitative estimate of drug-likeness (QED) is 0.762. The maximum atomic E-state index is 5.74. The maximum absolute atomic E-state index is 5.74. The molecule has 0 radical (unpaired) electrons. The van der Waals surface area contributed by atoms with Crippen LogP contribution in [0.5, 0.6) is 0 Å². The third kappa shape index (κ3) is 2.15. The molecule has 0 saturated heterocycles. The molecule has 72 valence electrons. The van der Waals surface area contributed by atoms with E-state index in [0.29, 0.717) is 21.0 Å². The summed E-state index contributed by atoms with van der Waals surface area (Å²) in [6, 6.07) is 3.31. The molecule has 14 heavy (non-hydrogen) atoms. The summed E-state index contributed by atoms with van der Waals surface area (Å²) in [6.07, 6.45) is 1.43. The van der Waals surface area contributed by atoms with Crippen LogP contribution >= 0.6 is 23.4 Å². The summed E-state index contributed by atoms with van der Waals surface area (Å²) in [7, 11) is 0. The van der Waals surface area contributed by atoms with E-state index in [1.807, 2.05) is 0 Å². The molecule has 5 nitrogen and oxygen atoms in total. The van der Waals surface area contributed by atoms with Gasteiger partial charge in [0.15, 0.2) is 5.16 Å². The Labute approximate surface area is 89.1 Å². The highest BCUT2D eigenvalue weighted by Crippen LogP contribution is 2.25. The van der Waals surface area contributed by atoms with Crippen LogP contribution in [0.1, 0.15) is 0 Å². The van der Waals surface area contributed by atoms with Crippen molar-refractivity contribution < 1.29 is 0 Å². The highest BCUT2D eigenvalue weighted by atomic mass is 35.5. The van der Waals surface area contributed by atoms with Gasteiger partial charge in [-0.3, -0.25) is 5.10 Å². The third-order valence-electron chi connectivity index (χ3n) is 1.39. The van der Waals surface area contributed by atoms with Gasteiger partial charge in [0.2, 0.25) is 0 Å². The number of nitrogen functional groups attached to an aromatic ring is 1. The zero-order valence-corrected chi connectivity index (χ0v) is 8.51. The number of nitrogens with one attached hydrogen (secondary N) is 1. The fourth-order valence-electron chi connectivity index (χ4n) is 0.886. The molecule has 2 aromatic heterocycles. The van der Waals surface area contributed by atoms with Crippen molar-refractivity contribution in [1.82, 2.24) is 20.2 Å². The molecular weight excluding hydrogens is 222 g/mol. The fourth-order valence-corrected chi connectivity index (χ4v) is 1.89. The second-order valence-corrected chi connectivity index (χ2v) is 3.85. The molecule has 0 atom stereocenters. The number of aromatic amines is 1. The maximum Gasteiger partial charge on any atom is 0.189 e. The minimum Gasteiger partial charge on any atom is -0.399 e. The standard InChI is InChI=1S/C7H6ClN5S/c8-5-1-4(9)2-6(12-5)14-7-10-3-11-13-7/h1-3H,(H2,9,12)(H,10,11,13). The second kappa shape index (κ2) is 3.85. The van der Waals surface area contributed by atoms with E-state index in [1.165, 1.54) is 18.1 Å².